The van der Waals surface area contributed by atoms with E-state index in [9.17, 15) is 4.79 Å². The summed E-state index contributed by atoms with van der Waals surface area (Å²) in [4.78, 5) is 12.7. The number of nitrogens with one attached hydrogen (secondary N) is 1. The number of hydrogen-bond donors (Lipinski definition) is 2. The van der Waals surface area contributed by atoms with Gasteiger partial charge in [0, 0.05) is 9.37 Å². The van der Waals surface area contributed by atoms with E-state index in [-0.39, 0.29) is 5.91 Å². The highest BCUT2D eigenvalue weighted by atomic mass is 79.9. The second-order valence-electron chi connectivity index (χ2n) is 3.60. The summed E-state index contributed by atoms with van der Waals surface area (Å²) in [5, 5.41) is 3.26. The molecule has 0 aliphatic heterocycles. The predicted octanol–water partition coefficient (Wildman–Crippen LogP) is 4.64. The smallest absolute Gasteiger partial charge is 0.256 e. The van der Waals surface area contributed by atoms with Crippen molar-refractivity contribution >= 4 is 51.8 Å². The number of anilines is 1. The van der Waals surface area contributed by atoms with Crippen LogP contribution in [0.15, 0.2) is 51.8 Å². The van der Waals surface area contributed by atoms with E-state index in [1.54, 1.807) is 30.3 Å². The largest absolute Gasteiger partial charge is 0.321 e. The standard InChI is InChI=1S/C13H9BrClNOS/c14-8-5-6-9(12(18)7-8)13(17)16-11-4-2-1-3-10(11)15/h1-7,18H,(H,16,17). The first-order valence-corrected chi connectivity index (χ1v) is 6.74. The summed E-state index contributed by atoms with van der Waals surface area (Å²) in [7, 11) is 0. The molecule has 0 saturated carbocycles. The lowest BCUT2D eigenvalue weighted by Gasteiger charge is -2.08. The summed E-state index contributed by atoms with van der Waals surface area (Å²) in [5.74, 6) is -0.236. The van der Waals surface area contributed by atoms with Gasteiger partial charge in [0.2, 0.25) is 0 Å². The highest BCUT2D eigenvalue weighted by Gasteiger charge is 2.11. The molecule has 2 rings (SSSR count). The Hall–Kier alpha value is -0.970. The van der Waals surface area contributed by atoms with Gasteiger partial charge < -0.3 is 5.32 Å². The van der Waals surface area contributed by atoms with Crippen LogP contribution in [0.25, 0.3) is 0 Å². The van der Waals surface area contributed by atoms with Crippen LogP contribution in [0.4, 0.5) is 5.69 Å². The van der Waals surface area contributed by atoms with Crippen LogP contribution >= 0.6 is 40.2 Å². The van der Waals surface area contributed by atoms with E-state index in [2.05, 4.69) is 33.9 Å². The highest BCUT2D eigenvalue weighted by Crippen LogP contribution is 2.24. The van der Waals surface area contributed by atoms with E-state index in [0.717, 1.165) is 4.47 Å². The number of rotatable bonds is 2. The number of carbonyl (C=O) groups excluding carboxylic acids is 1. The topological polar surface area (TPSA) is 29.1 Å². The number of carbonyl (C=O) groups is 1. The third-order valence-electron chi connectivity index (χ3n) is 2.33. The van der Waals surface area contributed by atoms with Crippen molar-refractivity contribution in [3.63, 3.8) is 0 Å². The normalized spacial score (nSPS) is 10.2. The fourth-order valence-electron chi connectivity index (χ4n) is 1.45. The Bertz CT molecular complexity index is 603. The molecule has 1 N–H and O–H groups in total. The molecule has 1 amide bonds. The Balaban J connectivity index is 2.25. The molecule has 0 saturated heterocycles. The third kappa shape index (κ3) is 3.07. The van der Waals surface area contributed by atoms with Crippen molar-refractivity contribution in [2.75, 3.05) is 5.32 Å². The number of amides is 1. The van der Waals surface area contributed by atoms with Gasteiger partial charge in [0.05, 0.1) is 16.3 Å². The Morgan fingerprint density at radius 2 is 1.94 bits per heavy atom. The fourth-order valence-corrected chi connectivity index (χ4v) is 2.49. The Morgan fingerprint density at radius 1 is 1.22 bits per heavy atom. The molecule has 2 aromatic carbocycles. The monoisotopic (exact) mass is 341 g/mol. The van der Waals surface area contributed by atoms with Gasteiger partial charge in [-0.1, -0.05) is 39.7 Å². The van der Waals surface area contributed by atoms with E-state index in [1.165, 1.54) is 0 Å². The number of thiol groups is 1. The third-order valence-corrected chi connectivity index (χ3v) is 3.52. The zero-order valence-electron chi connectivity index (χ0n) is 9.15. The molecule has 5 heteroatoms. The molecule has 0 aliphatic rings. The molecule has 2 aromatic rings. The minimum atomic E-state index is -0.236. The maximum absolute atomic E-state index is 12.1. The fraction of sp³-hybridized carbons (Fsp3) is 0. The van der Waals surface area contributed by atoms with Crippen LogP contribution < -0.4 is 5.32 Å². The first kappa shape index (κ1) is 13.5. The van der Waals surface area contributed by atoms with Crippen LogP contribution in [-0.2, 0) is 0 Å². The maximum Gasteiger partial charge on any atom is 0.256 e. The van der Waals surface area contributed by atoms with E-state index in [0.29, 0.717) is 21.2 Å². The van der Waals surface area contributed by atoms with Gasteiger partial charge in [-0.25, -0.2) is 0 Å². The lowest BCUT2D eigenvalue weighted by Crippen LogP contribution is -2.12. The summed E-state index contributed by atoms with van der Waals surface area (Å²) in [5.41, 5.74) is 1.08. The van der Waals surface area contributed by atoms with Crippen molar-refractivity contribution in [1.82, 2.24) is 0 Å². The average Bonchev–Trinajstić information content (AvgIpc) is 2.32. The van der Waals surface area contributed by atoms with Gasteiger partial charge in [-0.05, 0) is 30.3 Å². The van der Waals surface area contributed by atoms with Crippen LogP contribution in [0.1, 0.15) is 10.4 Å². The first-order chi connectivity index (χ1) is 8.58. The van der Waals surface area contributed by atoms with Gasteiger partial charge in [0.1, 0.15) is 0 Å². The second kappa shape index (κ2) is 5.78. The summed E-state index contributed by atoms with van der Waals surface area (Å²) in [6, 6.07) is 12.4. The van der Waals surface area contributed by atoms with Crippen molar-refractivity contribution in [1.29, 1.82) is 0 Å². The Labute approximate surface area is 124 Å². The molecular formula is C13H9BrClNOS. The lowest BCUT2D eigenvalue weighted by atomic mass is 10.2. The number of halogens is 2. The number of hydrogen-bond acceptors (Lipinski definition) is 2. The summed E-state index contributed by atoms with van der Waals surface area (Å²) < 4.78 is 0.877. The van der Waals surface area contributed by atoms with Crippen molar-refractivity contribution < 1.29 is 4.79 Å². The lowest BCUT2D eigenvalue weighted by molar-refractivity contribution is 0.102. The molecule has 2 nitrogen and oxygen atoms in total. The minimum Gasteiger partial charge on any atom is -0.321 e. The van der Waals surface area contributed by atoms with Crippen LogP contribution in [0, 0.1) is 0 Å². The molecule has 18 heavy (non-hydrogen) atoms. The van der Waals surface area contributed by atoms with E-state index in [4.69, 9.17) is 11.6 Å². The highest BCUT2D eigenvalue weighted by molar-refractivity contribution is 9.10. The number of benzene rings is 2. The Morgan fingerprint density at radius 3 is 2.61 bits per heavy atom. The molecule has 0 atom stereocenters. The van der Waals surface area contributed by atoms with Crippen LogP contribution in [0.3, 0.4) is 0 Å². The van der Waals surface area contributed by atoms with Crippen LogP contribution in [0.5, 0.6) is 0 Å². The molecule has 92 valence electrons. The van der Waals surface area contributed by atoms with E-state index < -0.39 is 0 Å². The van der Waals surface area contributed by atoms with Gasteiger partial charge in [-0.2, -0.15) is 0 Å². The van der Waals surface area contributed by atoms with E-state index in [1.807, 2.05) is 12.1 Å². The minimum absolute atomic E-state index is 0.236. The van der Waals surface area contributed by atoms with Gasteiger partial charge in [-0.15, -0.1) is 12.6 Å². The summed E-state index contributed by atoms with van der Waals surface area (Å²) in [6.45, 7) is 0. The molecule has 0 radical (unpaired) electrons. The molecule has 0 aromatic heterocycles. The van der Waals surface area contributed by atoms with Crippen molar-refractivity contribution in [2.45, 2.75) is 4.90 Å². The zero-order valence-corrected chi connectivity index (χ0v) is 12.4. The molecule has 0 spiro atoms. The molecule has 0 heterocycles. The predicted molar refractivity (Wildman–Crippen MR) is 80.8 cm³/mol. The quantitative estimate of drug-likeness (QED) is 0.765. The van der Waals surface area contributed by atoms with E-state index >= 15 is 0 Å². The van der Waals surface area contributed by atoms with Crippen LogP contribution in [0.2, 0.25) is 5.02 Å². The van der Waals surface area contributed by atoms with Crippen molar-refractivity contribution in [2.24, 2.45) is 0 Å². The zero-order chi connectivity index (χ0) is 13.1. The first-order valence-electron chi connectivity index (χ1n) is 5.12. The number of para-hydroxylation sites is 1. The molecule has 0 fully saturated rings. The Kier molecular flexibility index (Phi) is 4.32. The van der Waals surface area contributed by atoms with Gasteiger partial charge in [-0.3, -0.25) is 4.79 Å². The van der Waals surface area contributed by atoms with Gasteiger partial charge >= 0.3 is 0 Å². The van der Waals surface area contributed by atoms with Gasteiger partial charge in [0.25, 0.3) is 5.91 Å². The molecular weight excluding hydrogens is 334 g/mol. The summed E-state index contributed by atoms with van der Waals surface area (Å²) in [6.07, 6.45) is 0. The molecule has 0 aliphatic carbocycles. The van der Waals surface area contributed by atoms with Crippen molar-refractivity contribution in [3.05, 3.63) is 57.5 Å². The van der Waals surface area contributed by atoms with Crippen molar-refractivity contribution in [3.8, 4) is 0 Å². The SMILES string of the molecule is O=C(Nc1ccccc1Cl)c1ccc(Br)cc1S. The maximum atomic E-state index is 12.1. The molecule has 0 unspecified atom stereocenters. The average molecular weight is 343 g/mol. The van der Waals surface area contributed by atoms with Crippen LogP contribution in [-0.4, -0.2) is 5.91 Å². The second-order valence-corrected chi connectivity index (χ2v) is 5.40. The summed E-state index contributed by atoms with van der Waals surface area (Å²) >= 11 is 13.6. The molecule has 0 bridgehead atoms. The van der Waals surface area contributed by atoms with Gasteiger partial charge in [0.15, 0.2) is 0 Å².